The Hall–Kier alpha value is -2.25. The topological polar surface area (TPSA) is 81.6 Å². The average Bonchev–Trinajstić information content (AvgIpc) is 3.07. The van der Waals surface area contributed by atoms with Crippen molar-refractivity contribution in [3.05, 3.63) is 35.5 Å². The van der Waals surface area contributed by atoms with Gasteiger partial charge in [-0.1, -0.05) is 0 Å². The van der Waals surface area contributed by atoms with Crippen molar-refractivity contribution in [1.82, 2.24) is 19.7 Å². The Balaban J connectivity index is 2.12. The van der Waals surface area contributed by atoms with E-state index in [4.69, 9.17) is 5.84 Å². The number of thiophene rings is 1. The van der Waals surface area contributed by atoms with Gasteiger partial charge in [0.25, 0.3) is 0 Å². The number of hydrogen-bond donors (Lipinski definition) is 2. The molecule has 0 fully saturated rings. The number of aryl methyl sites for hydroxylation is 2. The van der Waals surface area contributed by atoms with Crippen LogP contribution < -0.4 is 11.3 Å². The number of nitrogen functional groups attached to an aromatic ring is 1. The van der Waals surface area contributed by atoms with E-state index in [-0.39, 0.29) is 0 Å². The summed E-state index contributed by atoms with van der Waals surface area (Å²) in [7, 11) is 1.87. The van der Waals surface area contributed by atoms with Gasteiger partial charge in [-0.15, -0.1) is 11.3 Å². The maximum absolute atomic E-state index is 5.50. The van der Waals surface area contributed by atoms with Gasteiger partial charge in [-0.3, -0.25) is 4.68 Å². The summed E-state index contributed by atoms with van der Waals surface area (Å²) >= 11 is 1.65. The molecule has 3 rings (SSSR count). The molecule has 0 aliphatic carbocycles. The summed E-state index contributed by atoms with van der Waals surface area (Å²) in [5.74, 6) is 6.74. The first-order valence-corrected chi connectivity index (χ1v) is 6.89. The minimum absolute atomic E-state index is 0.583. The van der Waals surface area contributed by atoms with Crippen LogP contribution in [0.25, 0.3) is 22.0 Å². The molecule has 0 saturated heterocycles. The van der Waals surface area contributed by atoms with Crippen molar-refractivity contribution >= 4 is 17.2 Å². The van der Waals surface area contributed by atoms with Crippen LogP contribution in [0.3, 0.4) is 0 Å². The lowest BCUT2D eigenvalue weighted by Crippen LogP contribution is -2.09. The van der Waals surface area contributed by atoms with Gasteiger partial charge in [0.2, 0.25) is 0 Å². The zero-order valence-corrected chi connectivity index (χ0v) is 12.0. The summed E-state index contributed by atoms with van der Waals surface area (Å²) in [5, 5.41) is 4.16. The summed E-state index contributed by atoms with van der Waals surface area (Å²) in [5.41, 5.74) is 4.31. The van der Waals surface area contributed by atoms with Gasteiger partial charge in [-0.2, -0.15) is 5.10 Å². The van der Waals surface area contributed by atoms with Crippen LogP contribution in [0.15, 0.2) is 30.6 Å². The first-order valence-electron chi connectivity index (χ1n) is 6.07. The molecule has 0 bridgehead atoms. The van der Waals surface area contributed by atoms with Crippen molar-refractivity contribution in [1.29, 1.82) is 0 Å². The SMILES string of the molecule is Cc1ccc(-c2nc(NN)cc(-c3cnn(C)c3)n2)s1. The van der Waals surface area contributed by atoms with Gasteiger partial charge in [0.1, 0.15) is 5.82 Å². The molecule has 3 aromatic heterocycles. The normalized spacial score (nSPS) is 10.8. The van der Waals surface area contributed by atoms with Crippen LogP contribution in [-0.2, 0) is 7.05 Å². The Morgan fingerprint density at radius 3 is 2.75 bits per heavy atom. The van der Waals surface area contributed by atoms with E-state index >= 15 is 0 Å². The summed E-state index contributed by atoms with van der Waals surface area (Å²) < 4.78 is 1.74. The highest BCUT2D eigenvalue weighted by molar-refractivity contribution is 7.15. The predicted octanol–water partition coefficient (Wildman–Crippen LogP) is 2.20. The summed E-state index contributed by atoms with van der Waals surface area (Å²) in [4.78, 5) is 11.2. The average molecular weight is 286 g/mol. The number of hydrogen-bond acceptors (Lipinski definition) is 6. The monoisotopic (exact) mass is 286 g/mol. The van der Waals surface area contributed by atoms with Crippen LogP contribution in [0.5, 0.6) is 0 Å². The Morgan fingerprint density at radius 2 is 2.15 bits per heavy atom. The van der Waals surface area contributed by atoms with E-state index in [1.54, 1.807) is 28.3 Å². The fraction of sp³-hybridized carbons (Fsp3) is 0.154. The van der Waals surface area contributed by atoms with Crippen molar-refractivity contribution in [2.75, 3.05) is 5.43 Å². The van der Waals surface area contributed by atoms with E-state index < -0.39 is 0 Å². The molecule has 0 aromatic carbocycles. The fourth-order valence-electron chi connectivity index (χ4n) is 1.89. The van der Waals surface area contributed by atoms with Crippen molar-refractivity contribution in [3.63, 3.8) is 0 Å². The third-order valence-electron chi connectivity index (χ3n) is 2.84. The Labute approximate surface area is 120 Å². The van der Waals surface area contributed by atoms with E-state index in [0.717, 1.165) is 16.1 Å². The quantitative estimate of drug-likeness (QED) is 0.570. The Kier molecular flexibility index (Phi) is 3.21. The van der Waals surface area contributed by atoms with Gasteiger partial charge in [-0.05, 0) is 19.1 Å². The number of anilines is 1. The molecule has 0 unspecified atom stereocenters. The second kappa shape index (κ2) is 5.03. The van der Waals surface area contributed by atoms with Gasteiger partial charge in [0.05, 0.1) is 16.8 Å². The second-order valence-corrected chi connectivity index (χ2v) is 5.71. The highest BCUT2D eigenvalue weighted by atomic mass is 32.1. The molecule has 0 aliphatic rings. The van der Waals surface area contributed by atoms with E-state index in [2.05, 4.69) is 33.5 Å². The lowest BCUT2D eigenvalue weighted by molar-refractivity contribution is 0.768. The lowest BCUT2D eigenvalue weighted by atomic mass is 10.2. The first kappa shape index (κ1) is 12.8. The number of aromatic nitrogens is 4. The van der Waals surface area contributed by atoms with Crippen LogP contribution in [0.4, 0.5) is 5.82 Å². The summed E-state index contributed by atoms with van der Waals surface area (Å²) in [6.45, 7) is 2.06. The van der Waals surface area contributed by atoms with E-state index in [1.807, 2.05) is 19.3 Å². The molecule has 3 aromatic rings. The molecular weight excluding hydrogens is 272 g/mol. The van der Waals surface area contributed by atoms with Crippen molar-refractivity contribution in [3.8, 4) is 22.0 Å². The molecular formula is C13H14N6S. The lowest BCUT2D eigenvalue weighted by Gasteiger charge is -2.05. The third kappa shape index (κ3) is 2.40. The smallest absolute Gasteiger partial charge is 0.172 e. The highest BCUT2D eigenvalue weighted by Gasteiger charge is 2.10. The van der Waals surface area contributed by atoms with Crippen LogP contribution >= 0.6 is 11.3 Å². The Bertz CT molecular complexity index is 686. The van der Waals surface area contributed by atoms with Gasteiger partial charge < -0.3 is 5.43 Å². The van der Waals surface area contributed by atoms with E-state index in [9.17, 15) is 0 Å². The van der Waals surface area contributed by atoms with Gasteiger partial charge in [0.15, 0.2) is 5.82 Å². The molecule has 20 heavy (non-hydrogen) atoms. The van der Waals surface area contributed by atoms with Crippen LogP contribution in [0, 0.1) is 6.92 Å². The molecule has 7 heteroatoms. The van der Waals surface area contributed by atoms with Gasteiger partial charge >= 0.3 is 0 Å². The minimum Gasteiger partial charge on any atom is -0.308 e. The largest absolute Gasteiger partial charge is 0.308 e. The van der Waals surface area contributed by atoms with Gasteiger partial charge in [-0.25, -0.2) is 15.8 Å². The highest BCUT2D eigenvalue weighted by Crippen LogP contribution is 2.28. The molecule has 0 spiro atoms. The molecule has 102 valence electrons. The maximum Gasteiger partial charge on any atom is 0.172 e. The molecule has 0 saturated carbocycles. The first-order chi connectivity index (χ1) is 9.65. The molecule has 0 radical (unpaired) electrons. The molecule has 0 aliphatic heterocycles. The number of hydrazine groups is 1. The predicted molar refractivity (Wildman–Crippen MR) is 80.1 cm³/mol. The van der Waals surface area contributed by atoms with Crippen molar-refractivity contribution in [2.45, 2.75) is 6.92 Å². The second-order valence-electron chi connectivity index (χ2n) is 4.42. The third-order valence-corrected chi connectivity index (χ3v) is 3.83. The van der Waals surface area contributed by atoms with Crippen molar-refractivity contribution < 1.29 is 0 Å². The molecule has 0 amide bonds. The number of nitrogens with one attached hydrogen (secondary N) is 1. The summed E-state index contributed by atoms with van der Waals surface area (Å²) in [6, 6.07) is 5.87. The fourth-order valence-corrected chi connectivity index (χ4v) is 2.69. The van der Waals surface area contributed by atoms with Crippen LogP contribution in [0.2, 0.25) is 0 Å². The molecule has 3 N–H and O–H groups in total. The van der Waals surface area contributed by atoms with E-state index in [1.165, 1.54) is 4.88 Å². The Morgan fingerprint density at radius 1 is 1.30 bits per heavy atom. The zero-order chi connectivity index (χ0) is 14.1. The standard InChI is InChI=1S/C13H14N6S/c1-8-3-4-11(20-8)13-16-10(5-12(17-13)18-14)9-6-15-19(2)7-9/h3-7H,14H2,1-2H3,(H,16,17,18). The van der Waals surface area contributed by atoms with Crippen LogP contribution in [-0.4, -0.2) is 19.7 Å². The molecule has 6 nitrogen and oxygen atoms in total. The number of nitrogens with two attached hydrogens (primary N) is 1. The minimum atomic E-state index is 0.583. The summed E-state index contributed by atoms with van der Waals surface area (Å²) in [6.07, 6.45) is 3.68. The number of nitrogens with zero attached hydrogens (tertiary/aromatic N) is 4. The van der Waals surface area contributed by atoms with Crippen LogP contribution in [0.1, 0.15) is 4.88 Å². The number of rotatable bonds is 3. The zero-order valence-electron chi connectivity index (χ0n) is 11.2. The maximum atomic E-state index is 5.50. The molecule has 3 heterocycles. The van der Waals surface area contributed by atoms with Crippen molar-refractivity contribution in [2.24, 2.45) is 12.9 Å². The van der Waals surface area contributed by atoms with Gasteiger partial charge in [0, 0.05) is 29.8 Å². The molecule has 0 atom stereocenters. The van der Waals surface area contributed by atoms with E-state index in [0.29, 0.717) is 11.6 Å².